The SMILES string of the molecule is CC1=C(C(=O)Nc2cccc(C)n2)C(c2cccc(Cl)c2Cl)C2=C(CCCC2=O)N1. The van der Waals surface area contributed by atoms with Gasteiger partial charge in [0.25, 0.3) is 5.91 Å². The van der Waals surface area contributed by atoms with Gasteiger partial charge in [0.15, 0.2) is 5.78 Å². The van der Waals surface area contributed by atoms with Crippen LogP contribution in [0.5, 0.6) is 0 Å². The minimum absolute atomic E-state index is 0.0243. The van der Waals surface area contributed by atoms with Crippen LogP contribution in [0.15, 0.2) is 58.9 Å². The van der Waals surface area contributed by atoms with Gasteiger partial charge in [-0.05, 0) is 50.5 Å². The van der Waals surface area contributed by atoms with Crippen LogP contribution in [0.4, 0.5) is 5.82 Å². The molecule has 1 atom stereocenters. The average molecular weight is 442 g/mol. The summed E-state index contributed by atoms with van der Waals surface area (Å²) in [5, 5.41) is 6.90. The highest BCUT2D eigenvalue weighted by atomic mass is 35.5. The number of rotatable bonds is 3. The van der Waals surface area contributed by atoms with E-state index in [1.54, 1.807) is 18.2 Å². The molecule has 2 N–H and O–H groups in total. The Morgan fingerprint density at radius 2 is 1.90 bits per heavy atom. The van der Waals surface area contributed by atoms with E-state index in [4.69, 9.17) is 23.2 Å². The summed E-state index contributed by atoms with van der Waals surface area (Å²) in [5.74, 6) is -0.448. The Balaban J connectivity index is 1.83. The normalized spacial score (nSPS) is 18.8. The molecule has 7 heteroatoms. The third kappa shape index (κ3) is 3.75. The quantitative estimate of drug-likeness (QED) is 0.677. The maximum atomic E-state index is 13.4. The standard InChI is InChI=1S/C23H21Cl2N3O2/c1-12-6-3-11-18(26-12)28-23(30)19-13(2)27-16-9-5-10-17(29)21(16)20(19)14-7-4-8-15(24)22(14)25/h3-4,6-8,11,20,27H,5,9-10H2,1-2H3,(H,26,28,30). The Labute approximate surface area is 185 Å². The lowest BCUT2D eigenvalue weighted by Crippen LogP contribution is -2.35. The number of benzene rings is 1. The molecule has 1 aliphatic carbocycles. The summed E-state index contributed by atoms with van der Waals surface area (Å²) in [6.07, 6.45) is 1.98. The number of Topliss-reactive ketones (excluding diaryl/α,β-unsaturated/α-hetero) is 1. The second-order valence-electron chi connectivity index (χ2n) is 7.53. The van der Waals surface area contributed by atoms with E-state index in [-0.39, 0.29) is 11.7 Å². The van der Waals surface area contributed by atoms with Crippen molar-refractivity contribution in [3.8, 4) is 0 Å². The maximum Gasteiger partial charge on any atom is 0.255 e. The van der Waals surface area contributed by atoms with E-state index in [0.717, 1.165) is 24.2 Å². The Morgan fingerprint density at radius 1 is 1.13 bits per heavy atom. The molecular weight excluding hydrogens is 421 g/mol. The van der Waals surface area contributed by atoms with Crippen molar-refractivity contribution in [1.29, 1.82) is 0 Å². The van der Waals surface area contributed by atoms with E-state index in [1.807, 2.05) is 32.0 Å². The molecule has 30 heavy (non-hydrogen) atoms. The largest absolute Gasteiger partial charge is 0.362 e. The molecule has 1 aliphatic heterocycles. The number of halogens is 2. The van der Waals surface area contributed by atoms with E-state index >= 15 is 0 Å². The molecular formula is C23H21Cl2N3O2. The summed E-state index contributed by atoms with van der Waals surface area (Å²) >= 11 is 12.8. The molecule has 2 heterocycles. The van der Waals surface area contributed by atoms with Crippen molar-refractivity contribution in [3.05, 3.63) is 80.2 Å². The monoisotopic (exact) mass is 441 g/mol. The van der Waals surface area contributed by atoms with E-state index in [1.165, 1.54) is 0 Å². The van der Waals surface area contributed by atoms with Crippen molar-refractivity contribution >= 4 is 40.7 Å². The van der Waals surface area contributed by atoms with Gasteiger partial charge in [-0.1, -0.05) is 41.4 Å². The van der Waals surface area contributed by atoms with Crippen LogP contribution in [0.1, 0.15) is 43.4 Å². The number of allylic oxidation sites excluding steroid dienone is 3. The lowest BCUT2D eigenvalue weighted by Gasteiger charge is -2.35. The number of aromatic nitrogens is 1. The first kappa shape index (κ1) is 20.6. The maximum absolute atomic E-state index is 13.4. The first-order valence-corrected chi connectivity index (χ1v) is 10.6. The van der Waals surface area contributed by atoms with Crippen LogP contribution in [0.25, 0.3) is 0 Å². The summed E-state index contributed by atoms with van der Waals surface area (Å²) in [4.78, 5) is 30.7. The molecule has 1 unspecified atom stereocenters. The number of nitrogens with zero attached hydrogens (tertiary/aromatic N) is 1. The molecule has 0 radical (unpaired) electrons. The number of pyridine rings is 1. The number of nitrogens with one attached hydrogen (secondary N) is 2. The van der Waals surface area contributed by atoms with Gasteiger partial charge in [0, 0.05) is 40.6 Å². The highest BCUT2D eigenvalue weighted by Gasteiger charge is 2.39. The number of carbonyl (C=O) groups is 2. The first-order valence-electron chi connectivity index (χ1n) is 9.79. The number of hydrogen-bond acceptors (Lipinski definition) is 4. The number of carbonyl (C=O) groups excluding carboxylic acids is 2. The van der Waals surface area contributed by atoms with Crippen LogP contribution in [-0.4, -0.2) is 16.7 Å². The van der Waals surface area contributed by atoms with Gasteiger partial charge in [0.1, 0.15) is 5.82 Å². The molecule has 0 bridgehead atoms. The van der Waals surface area contributed by atoms with Gasteiger partial charge in [-0.3, -0.25) is 9.59 Å². The molecule has 5 nitrogen and oxygen atoms in total. The van der Waals surface area contributed by atoms with Crippen LogP contribution in [0.2, 0.25) is 10.0 Å². The molecule has 1 aromatic carbocycles. The summed E-state index contributed by atoms with van der Waals surface area (Å²) < 4.78 is 0. The molecule has 0 saturated carbocycles. The molecule has 1 amide bonds. The Bertz CT molecular complexity index is 1120. The van der Waals surface area contributed by atoms with Crippen molar-refractivity contribution in [1.82, 2.24) is 10.3 Å². The molecule has 154 valence electrons. The van der Waals surface area contributed by atoms with Crippen molar-refractivity contribution in [3.63, 3.8) is 0 Å². The summed E-state index contributed by atoms with van der Waals surface area (Å²) in [6, 6.07) is 10.7. The lowest BCUT2D eigenvalue weighted by atomic mass is 9.75. The number of aryl methyl sites for hydroxylation is 1. The third-order valence-corrected chi connectivity index (χ3v) is 6.28. The van der Waals surface area contributed by atoms with Crippen LogP contribution >= 0.6 is 23.2 Å². The lowest BCUT2D eigenvalue weighted by molar-refractivity contribution is -0.116. The fourth-order valence-electron chi connectivity index (χ4n) is 4.14. The zero-order valence-electron chi connectivity index (χ0n) is 16.7. The Kier molecular flexibility index (Phi) is 5.67. The van der Waals surface area contributed by atoms with Gasteiger partial charge in [-0.2, -0.15) is 0 Å². The van der Waals surface area contributed by atoms with Crippen LogP contribution in [0, 0.1) is 6.92 Å². The van der Waals surface area contributed by atoms with Crippen molar-refractivity contribution in [2.75, 3.05) is 5.32 Å². The Morgan fingerprint density at radius 3 is 2.67 bits per heavy atom. The molecule has 1 aromatic heterocycles. The highest BCUT2D eigenvalue weighted by Crippen LogP contribution is 2.45. The fraction of sp³-hybridized carbons (Fsp3) is 0.261. The zero-order valence-corrected chi connectivity index (χ0v) is 18.2. The average Bonchev–Trinajstić information content (AvgIpc) is 2.69. The number of anilines is 1. The molecule has 0 spiro atoms. The van der Waals surface area contributed by atoms with Crippen LogP contribution < -0.4 is 10.6 Å². The molecule has 0 saturated heterocycles. The van der Waals surface area contributed by atoms with Crippen molar-refractivity contribution in [2.45, 2.75) is 39.0 Å². The molecule has 4 rings (SSSR count). The summed E-state index contributed by atoms with van der Waals surface area (Å²) in [7, 11) is 0. The predicted octanol–water partition coefficient (Wildman–Crippen LogP) is 5.30. The number of amides is 1. The van der Waals surface area contributed by atoms with Crippen LogP contribution in [0.3, 0.4) is 0 Å². The Hall–Kier alpha value is -2.63. The topological polar surface area (TPSA) is 71.1 Å². The predicted molar refractivity (Wildman–Crippen MR) is 119 cm³/mol. The number of hydrogen-bond donors (Lipinski definition) is 2. The number of dihydropyridines is 1. The number of ketones is 1. The van der Waals surface area contributed by atoms with Gasteiger partial charge >= 0.3 is 0 Å². The van der Waals surface area contributed by atoms with Gasteiger partial charge in [-0.25, -0.2) is 4.98 Å². The highest BCUT2D eigenvalue weighted by molar-refractivity contribution is 6.42. The second kappa shape index (κ2) is 8.25. The minimum atomic E-state index is -0.593. The van der Waals surface area contributed by atoms with Gasteiger partial charge in [0.2, 0.25) is 0 Å². The molecule has 0 fully saturated rings. The third-order valence-electron chi connectivity index (χ3n) is 5.44. The first-order chi connectivity index (χ1) is 14.4. The minimum Gasteiger partial charge on any atom is -0.362 e. The summed E-state index contributed by atoms with van der Waals surface area (Å²) in [5.41, 5.74) is 4.02. The smallest absolute Gasteiger partial charge is 0.255 e. The molecule has 2 aromatic rings. The van der Waals surface area contributed by atoms with Gasteiger partial charge < -0.3 is 10.6 Å². The van der Waals surface area contributed by atoms with E-state index < -0.39 is 5.92 Å². The van der Waals surface area contributed by atoms with Crippen LogP contribution in [-0.2, 0) is 9.59 Å². The summed E-state index contributed by atoms with van der Waals surface area (Å²) in [6.45, 7) is 3.70. The molecule has 2 aliphatic rings. The van der Waals surface area contributed by atoms with Crippen molar-refractivity contribution < 1.29 is 9.59 Å². The van der Waals surface area contributed by atoms with Gasteiger partial charge in [-0.15, -0.1) is 0 Å². The van der Waals surface area contributed by atoms with E-state index in [0.29, 0.717) is 44.7 Å². The zero-order chi connectivity index (χ0) is 21.4. The van der Waals surface area contributed by atoms with E-state index in [9.17, 15) is 9.59 Å². The van der Waals surface area contributed by atoms with E-state index in [2.05, 4.69) is 15.6 Å². The van der Waals surface area contributed by atoms with Gasteiger partial charge in [0.05, 0.1) is 10.0 Å². The van der Waals surface area contributed by atoms with Crippen molar-refractivity contribution in [2.24, 2.45) is 0 Å². The second-order valence-corrected chi connectivity index (χ2v) is 8.31. The fourth-order valence-corrected chi connectivity index (χ4v) is 4.55.